The minimum absolute atomic E-state index is 0.865. The maximum absolute atomic E-state index is 2.56. The molecule has 0 saturated carbocycles. The predicted octanol–water partition coefficient (Wildman–Crippen LogP) is 0.399. The third-order valence-corrected chi connectivity index (χ3v) is 5.82. The molecule has 110 valence electrons. The fourth-order valence-electron chi connectivity index (χ4n) is 4.39. The summed E-state index contributed by atoms with van der Waals surface area (Å²) in [7, 11) is 8.98. The molecule has 0 N–H and O–H groups in total. The summed E-state index contributed by atoms with van der Waals surface area (Å²) < 4.78 is 0. The van der Waals surface area contributed by atoms with E-state index in [2.05, 4.69) is 47.8 Å². The average molecular weight is 266 g/mol. The van der Waals surface area contributed by atoms with E-state index in [9.17, 15) is 0 Å². The molecule has 0 aliphatic carbocycles. The van der Waals surface area contributed by atoms with Crippen molar-refractivity contribution in [3.8, 4) is 0 Å². The zero-order valence-electron chi connectivity index (χ0n) is 13.0. The molecular formula is C15H30N4. The Balaban J connectivity index is 0.000000117. The first-order valence-electron chi connectivity index (χ1n) is 7.85. The Morgan fingerprint density at radius 1 is 0.632 bits per heavy atom. The summed E-state index contributed by atoms with van der Waals surface area (Å²) in [6.07, 6.45) is 4.25. The lowest BCUT2D eigenvalue weighted by atomic mass is 10.2. The Hall–Kier alpha value is -0.160. The van der Waals surface area contributed by atoms with Gasteiger partial charge in [0.15, 0.2) is 0 Å². The van der Waals surface area contributed by atoms with Crippen molar-refractivity contribution in [2.24, 2.45) is 0 Å². The number of likely N-dealkylation sites (tertiary alicyclic amines) is 3. The zero-order chi connectivity index (χ0) is 13.6. The summed E-state index contributed by atoms with van der Waals surface area (Å²) in [5.74, 6) is 0. The molecule has 4 heteroatoms. The van der Waals surface area contributed by atoms with Gasteiger partial charge in [0.2, 0.25) is 0 Å². The van der Waals surface area contributed by atoms with Gasteiger partial charge in [-0.3, -0.25) is 4.90 Å². The Labute approximate surface area is 118 Å². The smallest absolute Gasteiger partial charge is 0.0236 e. The number of piperazine rings is 2. The van der Waals surface area contributed by atoms with E-state index in [0.717, 1.165) is 24.2 Å². The van der Waals surface area contributed by atoms with Crippen molar-refractivity contribution in [2.45, 2.75) is 43.4 Å². The molecular weight excluding hydrogens is 236 g/mol. The molecule has 4 unspecified atom stereocenters. The molecule has 4 aliphatic rings. The summed E-state index contributed by atoms with van der Waals surface area (Å²) in [6.45, 7) is 5.16. The Morgan fingerprint density at radius 3 is 1.47 bits per heavy atom. The van der Waals surface area contributed by atoms with Crippen LogP contribution in [0.2, 0.25) is 0 Å². The fourth-order valence-corrected chi connectivity index (χ4v) is 4.39. The van der Waals surface area contributed by atoms with E-state index < -0.39 is 0 Å². The molecule has 4 atom stereocenters. The third kappa shape index (κ3) is 2.68. The number of rotatable bonds is 0. The summed E-state index contributed by atoms with van der Waals surface area (Å²) in [5.41, 5.74) is 0. The lowest BCUT2D eigenvalue weighted by molar-refractivity contribution is 0.107. The second kappa shape index (κ2) is 5.32. The molecule has 4 rings (SSSR count). The summed E-state index contributed by atoms with van der Waals surface area (Å²) in [5, 5.41) is 0. The maximum atomic E-state index is 2.56. The van der Waals surface area contributed by atoms with Crippen molar-refractivity contribution >= 4 is 0 Å². The minimum atomic E-state index is 0.865. The van der Waals surface area contributed by atoms with Crippen LogP contribution in [-0.2, 0) is 0 Å². The van der Waals surface area contributed by atoms with Gasteiger partial charge in [0.1, 0.15) is 0 Å². The zero-order valence-corrected chi connectivity index (χ0v) is 13.0. The van der Waals surface area contributed by atoms with Gasteiger partial charge in [-0.1, -0.05) is 0 Å². The van der Waals surface area contributed by atoms with Crippen LogP contribution in [0.4, 0.5) is 0 Å². The van der Waals surface area contributed by atoms with Crippen molar-refractivity contribution in [2.75, 3.05) is 54.4 Å². The van der Waals surface area contributed by atoms with Crippen LogP contribution in [0.3, 0.4) is 0 Å². The van der Waals surface area contributed by atoms with E-state index in [1.54, 1.807) is 0 Å². The molecule has 0 radical (unpaired) electrons. The molecule has 0 aromatic carbocycles. The first-order valence-corrected chi connectivity index (χ1v) is 7.85. The largest absolute Gasteiger partial charge is 0.303 e. The Morgan fingerprint density at radius 2 is 1.11 bits per heavy atom. The van der Waals surface area contributed by atoms with Crippen LogP contribution in [0, 0.1) is 0 Å². The van der Waals surface area contributed by atoms with Crippen molar-refractivity contribution in [1.29, 1.82) is 0 Å². The average Bonchev–Trinajstić information content (AvgIpc) is 2.93. The highest BCUT2D eigenvalue weighted by atomic mass is 15.3. The first-order chi connectivity index (χ1) is 9.04. The van der Waals surface area contributed by atoms with Crippen LogP contribution in [0.15, 0.2) is 0 Å². The van der Waals surface area contributed by atoms with Crippen LogP contribution >= 0.6 is 0 Å². The standard InChI is InChI=1S/C8H16N2.C7H14N2/c1-9-5-7-3-4-8(6-9)10(7)2;1-8-4-7-3-6(8)5-9(7)2/h7-8H,3-6H2,1-2H3;6-7H,3-5H2,1-2H3. The van der Waals surface area contributed by atoms with Crippen LogP contribution in [-0.4, -0.2) is 98.1 Å². The van der Waals surface area contributed by atoms with E-state index in [1.807, 2.05) is 0 Å². The summed E-state index contributed by atoms with van der Waals surface area (Å²) in [6, 6.07) is 3.48. The molecule has 0 aromatic heterocycles. The quantitative estimate of drug-likeness (QED) is 0.629. The number of hydrogen-bond acceptors (Lipinski definition) is 4. The SMILES string of the molecule is CN1CC2CC1CN2C.CN1CC2CCC(C1)N2C. The molecule has 4 saturated heterocycles. The molecule has 4 bridgehead atoms. The first kappa shape index (κ1) is 13.8. The van der Waals surface area contributed by atoms with Crippen LogP contribution in [0.25, 0.3) is 0 Å². The van der Waals surface area contributed by atoms with Crippen molar-refractivity contribution in [1.82, 2.24) is 19.6 Å². The molecule has 19 heavy (non-hydrogen) atoms. The Kier molecular flexibility index (Phi) is 3.87. The van der Waals surface area contributed by atoms with Gasteiger partial charge in [-0.15, -0.1) is 0 Å². The van der Waals surface area contributed by atoms with Gasteiger partial charge in [-0.05, 0) is 47.5 Å². The number of nitrogens with zero attached hydrogens (tertiary/aromatic N) is 4. The summed E-state index contributed by atoms with van der Waals surface area (Å²) >= 11 is 0. The Bertz CT molecular complexity index is 289. The number of likely N-dealkylation sites (N-methyl/N-ethyl adjacent to an activating group) is 4. The van der Waals surface area contributed by atoms with E-state index in [1.165, 1.54) is 45.4 Å². The number of fused-ring (bicyclic) bond motifs is 4. The maximum Gasteiger partial charge on any atom is 0.0236 e. The van der Waals surface area contributed by atoms with Crippen molar-refractivity contribution in [3.05, 3.63) is 0 Å². The molecule has 0 amide bonds. The van der Waals surface area contributed by atoms with Gasteiger partial charge in [0, 0.05) is 50.3 Å². The van der Waals surface area contributed by atoms with Gasteiger partial charge in [0.25, 0.3) is 0 Å². The van der Waals surface area contributed by atoms with E-state index >= 15 is 0 Å². The van der Waals surface area contributed by atoms with Gasteiger partial charge < -0.3 is 14.7 Å². The van der Waals surface area contributed by atoms with Crippen LogP contribution < -0.4 is 0 Å². The monoisotopic (exact) mass is 266 g/mol. The lowest BCUT2D eigenvalue weighted by Crippen LogP contribution is -2.50. The molecule has 0 aromatic rings. The molecule has 4 heterocycles. The number of hydrogen-bond donors (Lipinski definition) is 0. The van der Waals surface area contributed by atoms with E-state index in [0.29, 0.717) is 0 Å². The van der Waals surface area contributed by atoms with Crippen molar-refractivity contribution in [3.63, 3.8) is 0 Å². The second-order valence-electron chi connectivity index (χ2n) is 7.19. The van der Waals surface area contributed by atoms with Crippen LogP contribution in [0.5, 0.6) is 0 Å². The van der Waals surface area contributed by atoms with Gasteiger partial charge >= 0.3 is 0 Å². The fraction of sp³-hybridized carbons (Fsp3) is 1.00. The van der Waals surface area contributed by atoms with Gasteiger partial charge in [-0.25, -0.2) is 0 Å². The molecule has 4 fully saturated rings. The molecule has 4 nitrogen and oxygen atoms in total. The highest BCUT2D eigenvalue weighted by Gasteiger charge is 2.39. The topological polar surface area (TPSA) is 13.0 Å². The molecule has 0 spiro atoms. The van der Waals surface area contributed by atoms with Crippen LogP contribution in [0.1, 0.15) is 19.3 Å². The molecule has 4 aliphatic heterocycles. The van der Waals surface area contributed by atoms with E-state index in [-0.39, 0.29) is 0 Å². The normalized spacial score (nSPS) is 43.6. The highest BCUT2D eigenvalue weighted by molar-refractivity contribution is 4.96. The van der Waals surface area contributed by atoms with Gasteiger partial charge in [-0.2, -0.15) is 0 Å². The highest BCUT2D eigenvalue weighted by Crippen LogP contribution is 2.27. The lowest BCUT2D eigenvalue weighted by Gasteiger charge is -2.36. The third-order valence-electron chi connectivity index (χ3n) is 5.82. The predicted molar refractivity (Wildman–Crippen MR) is 79.5 cm³/mol. The van der Waals surface area contributed by atoms with Gasteiger partial charge in [0.05, 0.1) is 0 Å². The van der Waals surface area contributed by atoms with Crippen molar-refractivity contribution < 1.29 is 0 Å². The second-order valence-corrected chi connectivity index (χ2v) is 7.19. The summed E-state index contributed by atoms with van der Waals surface area (Å²) in [4.78, 5) is 9.97. The van der Waals surface area contributed by atoms with E-state index in [4.69, 9.17) is 0 Å². The minimum Gasteiger partial charge on any atom is -0.303 e.